The van der Waals surface area contributed by atoms with Crippen molar-refractivity contribution in [1.82, 2.24) is 0 Å². The molecule has 0 spiro atoms. The highest BCUT2D eigenvalue weighted by Crippen LogP contribution is 2.38. The topological polar surface area (TPSA) is 97.1 Å². The number of hydrogen-bond acceptors (Lipinski definition) is 6. The lowest BCUT2D eigenvalue weighted by Gasteiger charge is -2.15. The number of amides is 1. The molecule has 0 unspecified atom stereocenters. The fraction of sp³-hybridized carbons (Fsp3) is 0.300. The monoisotopic (exact) mass is 373 g/mol. The Bertz CT molecular complexity index is 806. The number of methoxy groups -OCH3 is 2. The Hall–Kier alpha value is -3.22. The third-order valence-corrected chi connectivity index (χ3v) is 3.79. The van der Waals surface area contributed by atoms with Crippen LogP contribution in [0.15, 0.2) is 36.4 Å². The molecule has 0 saturated carbocycles. The average molecular weight is 373 g/mol. The first-order valence-corrected chi connectivity index (χ1v) is 8.35. The zero-order valence-electron chi connectivity index (χ0n) is 15.8. The van der Waals surface area contributed by atoms with Crippen molar-refractivity contribution in [2.75, 3.05) is 20.8 Å². The normalized spacial score (nSPS) is 10.4. The van der Waals surface area contributed by atoms with Crippen LogP contribution in [0.3, 0.4) is 0 Å². The number of benzene rings is 2. The highest BCUT2D eigenvalue weighted by molar-refractivity contribution is 5.92. The van der Waals surface area contributed by atoms with Crippen molar-refractivity contribution in [3.8, 4) is 23.0 Å². The minimum Gasteiger partial charge on any atom is -0.493 e. The van der Waals surface area contributed by atoms with Gasteiger partial charge in [0.25, 0.3) is 5.91 Å². The molecule has 7 heteroatoms. The number of carbonyl (C=O) groups is 2. The second-order valence-electron chi connectivity index (χ2n) is 6.08. The third kappa shape index (κ3) is 5.13. The molecule has 0 aliphatic carbocycles. The van der Waals surface area contributed by atoms with Crippen LogP contribution in [0.1, 0.15) is 35.7 Å². The predicted octanol–water partition coefficient (Wildman–Crippen LogP) is 2.91. The van der Waals surface area contributed by atoms with Crippen molar-refractivity contribution in [3.63, 3.8) is 0 Å². The van der Waals surface area contributed by atoms with Gasteiger partial charge >= 0.3 is 5.97 Å². The number of carbonyl (C=O) groups excluding carboxylic acids is 2. The minimum atomic E-state index is -0.646. The van der Waals surface area contributed by atoms with Gasteiger partial charge in [0.05, 0.1) is 19.8 Å². The van der Waals surface area contributed by atoms with E-state index >= 15 is 0 Å². The van der Waals surface area contributed by atoms with Gasteiger partial charge in [-0.05, 0) is 35.7 Å². The molecule has 0 heterocycles. The van der Waals surface area contributed by atoms with Crippen molar-refractivity contribution in [1.29, 1.82) is 0 Å². The molecule has 0 aliphatic heterocycles. The zero-order chi connectivity index (χ0) is 20.0. The fourth-order valence-corrected chi connectivity index (χ4v) is 2.39. The summed E-state index contributed by atoms with van der Waals surface area (Å²) in [6, 6.07) is 10.2. The summed E-state index contributed by atoms with van der Waals surface area (Å²) in [5.74, 6) is 0.152. The van der Waals surface area contributed by atoms with Crippen molar-refractivity contribution in [2.24, 2.45) is 5.73 Å². The van der Waals surface area contributed by atoms with Gasteiger partial charge < -0.3 is 24.7 Å². The van der Waals surface area contributed by atoms with Crippen LogP contribution < -0.4 is 24.7 Å². The Kier molecular flexibility index (Phi) is 6.65. The fourth-order valence-electron chi connectivity index (χ4n) is 2.39. The Labute approximate surface area is 158 Å². The molecule has 2 rings (SSSR count). The van der Waals surface area contributed by atoms with Crippen LogP contribution in [0.25, 0.3) is 0 Å². The molecular weight excluding hydrogens is 350 g/mol. The van der Waals surface area contributed by atoms with Crippen LogP contribution in [-0.4, -0.2) is 32.7 Å². The number of ether oxygens (including phenoxy) is 4. The maximum atomic E-state index is 12.6. The molecule has 1 amide bonds. The number of hydrogen-bond donors (Lipinski definition) is 1. The van der Waals surface area contributed by atoms with Gasteiger partial charge in [-0.25, -0.2) is 4.79 Å². The highest BCUT2D eigenvalue weighted by atomic mass is 16.5. The molecular formula is C20H23NO6. The number of primary amides is 1. The Morgan fingerprint density at radius 3 is 2.19 bits per heavy atom. The predicted molar refractivity (Wildman–Crippen MR) is 99.7 cm³/mol. The van der Waals surface area contributed by atoms with Crippen LogP contribution in [-0.2, 0) is 4.79 Å². The van der Waals surface area contributed by atoms with E-state index in [0.717, 1.165) is 5.56 Å². The van der Waals surface area contributed by atoms with Gasteiger partial charge in [-0.2, -0.15) is 0 Å². The van der Waals surface area contributed by atoms with Crippen LogP contribution in [0.5, 0.6) is 23.0 Å². The highest BCUT2D eigenvalue weighted by Gasteiger charge is 2.19. The van der Waals surface area contributed by atoms with Gasteiger partial charge in [-0.15, -0.1) is 0 Å². The van der Waals surface area contributed by atoms with Gasteiger partial charge in [-0.1, -0.05) is 26.0 Å². The summed E-state index contributed by atoms with van der Waals surface area (Å²) in [6.07, 6.45) is 0. The summed E-state index contributed by atoms with van der Waals surface area (Å²) in [4.78, 5) is 23.5. The Morgan fingerprint density at radius 2 is 1.67 bits per heavy atom. The average Bonchev–Trinajstić information content (AvgIpc) is 2.65. The smallest absolute Gasteiger partial charge is 0.343 e. The first-order chi connectivity index (χ1) is 12.8. The Morgan fingerprint density at radius 1 is 1.04 bits per heavy atom. The van der Waals surface area contributed by atoms with E-state index in [4.69, 9.17) is 24.7 Å². The molecule has 2 aromatic rings. The number of esters is 1. The maximum Gasteiger partial charge on any atom is 0.343 e. The summed E-state index contributed by atoms with van der Waals surface area (Å²) in [5.41, 5.74) is 6.37. The van der Waals surface area contributed by atoms with E-state index in [-0.39, 0.29) is 29.4 Å². The molecule has 0 aromatic heterocycles. The van der Waals surface area contributed by atoms with Crippen molar-refractivity contribution in [2.45, 2.75) is 19.8 Å². The Balaban J connectivity index is 2.30. The van der Waals surface area contributed by atoms with Crippen LogP contribution in [0.4, 0.5) is 0 Å². The number of nitrogens with two attached hydrogens (primary N) is 1. The molecule has 0 aliphatic rings. The third-order valence-electron chi connectivity index (χ3n) is 3.79. The summed E-state index contributed by atoms with van der Waals surface area (Å²) >= 11 is 0. The first kappa shape index (κ1) is 20.1. The summed E-state index contributed by atoms with van der Waals surface area (Å²) < 4.78 is 21.3. The van der Waals surface area contributed by atoms with Crippen molar-refractivity contribution < 1.29 is 28.5 Å². The molecule has 0 radical (unpaired) electrons. The molecule has 0 fully saturated rings. The quantitative estimate of drug-likeness (QED) is 0.564. The van der Waals surface area contributed by atoms with E-state index in [9.17, 15) is 9.59 Å². The maximum absolute atomic E-state index is 12.6. The number of rotatable bonds is 8. The van der Waals surface area contributed by atoms with Crippen LogP contribution in [0.2, 0.25) is 0 Å². The van der Waals surface area contributed by atoms with E-state index in [1.165, 1.54) is 26.4 Å². The van der Waals surface area contributed by atoms with E-state index in [1.54, 1.807) is 6.07 Å². The molecule has 0 bridgehead atoms. The second kappa shape index (κ2) is 8.93. The van der Waals surface area contributed by atoms with Gasteiger partial charge in [0.15, 0.2) is 18.1 Å². The van der Waals surface area contributed by atoms with E-state index in [0.29, 0.717) is 11.7 Å². The van der Waals surface area contributed by atoms with Crippen molar-refractivity contribution >= 4 is 11.9 Å². The standard InChI is InChI=1S/C20H23NO6/c1-12(2)13-6-5-7-15(8-13)27-20(23)14-9-16(24-3)19(17(10-14)25-4)26-11-18(21)22/h5-10,12H,11H2,1-4H3,(H2,21,22). The van der Waals surface area contributed by atoms with Gasteiger partial charge in [0.2, 0.25) is 5.75 Å². The summed E-state index contributed by atoms with van der Waals surface area (Å²) in [7, 11) is 2.82. The first-order valence-electron chi connectivity index (χ1n) is 8.35. The second-order valence-corrected chi connectivity index (χ2v) is 6.08. The van der Waals surface area contributed by atoms with Gasteiger partial charge in [0.1, 0.15) is 5.75 Å². The van der Waals surface area contributed by atoms with Crippen LogP contribution in [0, 0.1) is 0 Å². The summed E-state index contributed by atoms with van der Waals surface area (Å²) in [6.45, 7) is 3.77. The summed E-state index contributed by atoms with van der Waals surface area (Å²) in [5, 5.41) is 0. The molecule has 0 atom stereocenters. The lowest BCUT2D eigenvalue weighted by atomic mass is 10.0. The zero-order valence-corrected chi connectivity index (χ0v) is 15.8. The minimum absolute atomic E-state index is 0.178. The molecule has 2 aromatic carbocycles. The lowest BCUT2D eigenvalue weighted by Crippen LogP contribution is -2.20. The van der Waals surface area contributed by atoms with Gasteiger partial charge in [-0.3, -0.25) is 4.79 Å². The van der Waals surface area contributed by atoms with E-state index < -0.39 is 11.9 Å². The van der Waals surface area contributed by atoms with Gasteiger partial charge in [0, 0.05) is 0 Å². The molecule has 2 N–H and O–H groups in total. The van der Waals surface area contributed by atoms with E-state index in [1.807, 2.05) is 18.2 Å². The van der Waals surface area contributed by atoms with E-state index in [2.05, 4.69) is 13.8 Å². The van der Waals surface area contributed by atoms with Crippen LogP contribution >= 0.6 is 0 Å². The molecule has 7 nitrogen and oxygen atoms in total. The molecule has 144 valence electrons. The molecule has 27 heavy (non-hydrogen) atoms. The largest absolute Gasteiger partial charge is 0.493 e. The SMILES string of the molecule is COc1cc(C(=O)Oc2cccc(C(C)C)c2)cc(OC)c1OCC(N)=O. The van der Waals surface area contributed by atoms with Crippen molar-refractivity contribution in [3.05, 3.63) is 47.5 Å². The lowest BCUT2D eigenvalue weighted by molar-refractivity contribution is -0.120. The molecule has 0 saturated heterocycles.